The van der Waals surface area contributed by atoms with E-state index in [9.17, 15) is 20.0 Å². The summed E-state index contributed by atoms with van der Waals surface area (Å²) in [5.41, 5.74) is 2.50. The SMILES string of the molecule is N#Cc1c(NC(=O)/C=C/c2ccsc2)sc2c1CCC(COC(=O)N1CCCC(O)C1)C2. The predicted molar refractivity (Wildman–Crippen MR) is 125 cm³/mol. The van der Waals surface area contributed by atoms with Crippen LogP contribution in [0.5, 0.6) is 0 Å². The minimum Gasteiger partial charge on any atom is -0.449 e. The summed E-state index contributed by atoms with van der Waals surface area (Å²) in [5.74, 6) is -0.0890. The van der Waals surface area contributed by atoms with Crippen LogP contribution in [0.4, 0.5) is 9.80 Å². The largest absolute Gasteiger partial charge is 0.449 e. The van der Waals surface area contributed by atoms with Gasteiger partial charge in [0.25, 0.3) is 0 Å². The fourth-order valence-corrected chi connectivity index (χ4v) is 6.04. The van der Waals surface area contributed by atoms with Crippen LogP contribution in [0.2, 0.25) is 0 Å². The number of aliphatic hydroxyl groups excluding tert-OH is 1. The Morgan fingerprint density at radius 2 is 2.28 bits per heavy atom. The second kappa shape index (κ2) is 10.3. The molecule has 1 saturated heterocycles. The highest BCUT2D eigenvalue weighted by Gasteiger charge is 2.28. The molecule has 1 fully saturated rings. The molecule has 1 aliphatic carbocycles. The smallest absolute Gasteiger partial charge is 0.409 e. The first-order valence-corrected chi connectivity index (χ1v) is 12.4. The lowest BCUT2D eigenvalue weighted by molar-refractivity contribution is -0.111. The number of nitrogens with zero attached hydrogens (tertiary/aromatic N) is 2. The number of fused-ring (bicyclic) bond motifs is 1. The van der Waals surface area contributed by atoms with E-state index < -0.39 is 6.10 Å². The second-order valence-electron chi connectivity index (χ2n) is 8.13. The molecule has 0 saturated carbocycles. The van der Waals surface area contributed by atoms with Crippen LogP contribution in [0.25, 0.3) is 6.08 Å². The van der Waals surface area contributed by atoms with Crippen LogP contribution in [0, 0.1) is 17.2 Å². The van der Waals surface area contributed by atoms with Crippen molar-refractivity contribution in [1.29, 1.82) is 5.26 Å². The zero-order valence-electron chi connectivity index (χ0n) is 17.6. The number of rotatable bonds is 5. The van der Waals surface area contributed by atoms with Crippen molar-refractivity contribution in [3.8, 4) is 6.07 Å². The third-order valence-electron chi connectivity index (χ3n) is 5.78. The van der Waals surface area contributed by atoms with Gasteiger partial charge in [0, 0.05) is 24.0 Å². The van der Waals surface area contributed by atoms with Gasteiger partial charge in [-0.1, -0.05) is 0 Å². The topological polar surface area (TPSA) is 103 Å². The zero-order chi connectivity index (χ0) is 22.5. The van der Waals surface area contributed by atoms with E-state index >= 15 is 0 Å². The van der Waals surface area contributed by atoms with Gasteiger partial charge in [-0.3, -0.25) is 4.79 Å². The predicted octanol–water partition coefficient (Wildman–Crippen LogP) is 4.03. The van der Waals surface area contributed by atoms with E-state index in [1.807, 2.05) is 16.8 Å². The van der Waals surface area contributed by atoms with Crippen molar-refractivity contribution >= 4 is 45.8 Å². The summed E-state index contributed by atoms with van der Waals surface area (Å²) in [6, 6.07) is 4.18. The molecule has 2 unspecified atom stereocenters. The second-order valence-corrected chi connectivity index (χ2v) is 10.0. The summed E-state index contributed by atoms with van der Waals surface area (Å²) in [6.45, 7) is 1.26. The first-order valence-electron chi connectivity index (χ1n) is 10.7. The van der Waals surface area contributed by atoms with E-state index in [1.165, 1.54) is 17.4 Å². The van der Waals surface area contributed by atoms with Crippen molar-refractivity contribution in [2.75, 3.05) is 25.0 Å². The van der Waals surface area contributed by atoms with Crippen LogP contribution >= 0.6 is 22.7 Å². The number of piperidine rings is 1. The zero-order valence-corrected chi connectivity index (χ0v) is 19.2. The standard InChI is InChI=1S/C23H25N3O4S2/c24-11-19-18-5-3-16(13-30-23(29)26-8-1-2-17(27)12-26)10-20(18)32-22(19)25-21(28)6-4-15-7-9-31-14-15/h4,6-7,9,14,16-17,27H,1-3,5,8,10,12-13H2,(H,25,28)/b6-4+. The van der Waals surface area contributed by atoms with Gasteiger partial charge in [-0.05, 0) is 72.1 Å². The van der Waals surface area contributed by atoms with Crippen molar-refractivity contribution < 1.29 is 19.4 Å². The van der Waals surface area contributed by atoms with Gasteiger partial charge in [0.15, 0.2) is 0 Å². The number of aliphatic hydroxyl groups is 1. The Morgan fingerprint density at radius 3 is 3.03 bits per heavy atom. The Kier molecular flexibility index (Phi) is 7.25. The molecular weight excluding hydrogens is 446 g/mol. The number of nitrogens with one attached hydrogen (secondary N) is 1. The van der Waals surface area contributed by atoms with Crippen molar-refractivity contribution in [2.24, 2.45) is 5.92 Å². The Bertz CT molecular complexity index is 1040. The van der Waals surface area contributed by atoms with Crippen LogP contribution in [0.3, 0.4) is 0 Å². The maximum absolute atomic E-state index is 12.3. The molecule has 3 heterocycles. The van der Waals surface area contributed by atoms with Gasteiger partial charge in [0.1, 0.15) is 11.1 Å². The number of thiophene rings is 2. The van der Waals surface area contributed by atoms with E-state index in [0.717, 1.165) is 41.7 Å². The van der Waals surface area contributed by atoms with Gasteiger partial charge in [0.2, 0.25) is 5.91 Å². The van der Waals surface area contributed by atoms with Gasteiger partial charge >= 0.3 is 6.09 Å². The van der Waals surface area contributed by atoms with Gasteiger partial charge in [-0.15, -0.1) is 11.3 Å². The first-order chi connectivity index (χ1) is 15.5. The van der Waals surface area contributed by atoms with Crippen LogP contribution in [0.1, 0.15) is 40.8 Å². The summed E-state index contributed by atoms with van der Waals surface area (Å²) in [7, 11) is 0. The normalized spacial score (nSPS) is 20.6. The van der Waals surface area contributed by atoms with Crippen molar-refractivity contribution in [1.82, 2.24) is 4.90 Å². The molecule has 168 valence electrons. The lowest BCUT2D eigenvalue weighted by Gasteiger charge is -2.30. The van der Waals surface area contributed by atoms with Crippen LogP contribution in [0.15, 0.2) is 22.9 Å². The number of likely N-dealkylation sites (tertiary alicyclic amines) is 1. The van der Waals surface area contributed by atoms with E-state index in [2.05, 4.69) is 11.4 Å². The Balaban J connectivity index is 1.35. The molecule has 2 aromatic heterocycles. The van der Waals surface area contributed by atoms with Crippen molar-refractivity contribution in [2.45, 2.75) is 38.2 Å². The molecule has 32 heavy (non-hydrogen) atoms. The highest BCUT2D eigenvalue weighted by Crippen LogP contribution is 2.39. The lowest BCUT2D eigenvalue weighted by atomic mass is 9.88. The average molecular weight is 472 g/mol. The summed E-state index contributed by atoms with van der Waals surface area (Å²) in [6.07, 6.45) is 6.13. The lowest BCUT2D eigenvalue weighted by Crippen LogP contribution is -2.42. The van der Waals surface area contributed by atoms with Gasteiger partial charge in [0.05, 0.1) is 18.3 Å². The molecule has 2 aromatic rings. The minimum atomic E-state index is -0.474. The molecule has 9 heteroatoms. The van der Waals surface area contributed by atoms with E-state index in [-0.39, 0.29) is 17.9 Å². The van der Waals surface area contributed by atoms with Crippen molar-refractivity contribution in [3.63, 3.8) is 0 Å². The number of nitriles is 1. The maximum atomic E-state index is 12.3. The molecule has 0 spiro atoms. The van der Waals surface area contributed by atoms with Gasteiger partial charge < -0.3 is 20.1 Å². The van der Waals surface area contributed by atoms with Gasteiger partial charge in [-0.25, -0.2) is 4.79 Å². The third kappa shape index (κ3) is 5.38. The monoisotopic (exact) mass is 471 g/mol. The number of carbonyl (C=O) groups is 2. The molecule has 1 aliphatic heterocycles. The Hall–Kier alpha value is -2.67. The summed E-state index contributed by atoms with van der Waals surface area (Å²) in [5, 5.41) is 26.7. The first kappa shape index (κ1) is 22.5. The Morgan fingerprint density at radius 1 is 1.41 bits per heavy atom. The van der Waals surface area contributed by atoms with Gasteiger partial charge in [-0.2, -0.15) is 16.6 Å². The number of anilines is 1. The molecular formula is C23H25N3O4S2. The summed E-state index contributed by atoms with van der Waals surface area (Å²) < 4.78 is 5.52. The van der Waals surface area contributed by atoms with Crippen LogP contribution < -0.4 is 5.32 Å². The molecule has 2 amide bonds. The van der Waals surface area contributed by atoms with E-state index in [4.69, 9.17) is 4.74 Å². The molecule has 0 bridgehead atoms. The number of amides is 2. The third-order valence-corrected chi connectivity index (χ3v) is 7.65. The number of ether oxygens (including phenoxy) is 1. The summed E-state index contributed by atoms with van der Waals surface area (Å²) in [4.78, 5) is 27.3. The van der Waals surface area contributed by atoms with E-state index in [1.54, 1.807) is 22.3 Å². The number of hydrogen-bond donors (Lipinski definition) is 2. The van der Waals surface area contributed by atoms with Crippen LogP contribution in [-0.2, 0) is 22.4 Å². The summed E-state index contributed by atoms with van der Waals surface area (Å²) >= 11 is 3.00. The number of hydrogen-bond acceptors (Lipinski definition) is 7. The molecule has 4 rings (SSSR count). The Labute approximate surface area is 194 Å². The quantitative estimate of drug-likeness (QED) is 0.641. The molecule has 0 radical (unpaired) electrons. The average Bonchev–Trinajstić information content (AvgIpc) is 3.43. The number of carbonyl (C=O) groups excluding carboxylic acids is 2. The molecule has 2 N–H and O–H groups in total. The fourth-order valence-electron chi connectivity index (χ4n) is 4.10. The molecule has 0 aromatic carbocycles. The number of β-amino-alcohol motifs (C(OH)–C–C–N with tert-alkyl or cyclic N) is 1. The fraction of sp³-hybridized carbons (Fsp3) is 0.435. The molecule has 7 nitrogen and oxygen atoms in total. The van der Waals surface area contributed by atoms with E-state index in [0.29, 0.717) is 36.7 Å². The van der Waals surface area contributed by atoms with Crippen molar-refractivity contribution in [3.05, 3.63) is 44.5 Å². The molecule has 2 atom stereocenters. The minimum absolute atomic E-state index is 0.174. The molecule has 2 aliphatic rings. The highest BCUT2D eigenvalue weighted by molar-refractivity contribution is 7.16. The van der Waals surface area contributed by atoms with Crippen LogP contribution in [-0.4, -0.2) is 47.8 Å². The maximum Gasteiger partial charge on any atom is 0.409 e. The highest BCUT2D eigenvalue weighted by atomic mass is 32.1.